The highest BCUT2D eigenvalue weighted by Crippen LogP contribution is 2.45. The SMILES string of the molecule is CC(C)(C)c1cc(-c2ccc(-c3ccccc3)cn2)cc(-c2cccc3c2nc(-c2cc(C(C)(C)C)cc(C(C)(C)C)c2O)n3-c2cccc3ccccc23)c1. The van der Waals surface area contributed by atoms with Gasteiger partial charge in [0.15, 0.2) is 0 Å². The van der Waals surface area contributed by atoms with Crippen LogP contribution in [0.1, 0.15) is 79.0 Å². The number of phenolic OH excluding ortho intramolecular Hbond substituents is 1. The lowest BCUT2D eigenvalue weighted by Crippen LogP contribution is -2.17. The molecule has 0 fully saturated rings. The molecule has 56 heavy (non-hydrogen) atoms. The molecule has 0 aliphatic rings. The Kier molecular flexibility index (Phi) is 9.00. The van der Waals surface area contributed by atoms with Gasteiger partial charge in [0, 0.05) is 33.8 Å². The number of imidazole rings is 1. The van der Waals surface area contributed by atoms with Crippen molar-refractivity contribution in [3.8, 4) is 56.3 Å². The topological polar surface area (TPSA) is 50.9 Å². The molecular weight excluding hydrogens is 683 g/mol. The van der Waals surface area contributed by atoms with Gasteiger partial charge in [-0.25, -0.2) is 4.98 Å². The molecule has 4 nitrogen and oxygen atoms in total. The summed E-state index contributed by atoms with van der Waals surface area (Å²) >= 11 is 0. The van der Waals surface area contributed by atoms with Gasteiger partial charge in [0.05, 0.1) is 28.0 Å². The Morgan fingerprint density at radius 2 is 1.18 bits per heavy atom. The van der Waals surface area contributed by atoms with E-state index in [1.54, 1.807) is 0 Å². The minimum atomic E-state index is -0.293. The van der Waals surface area contributed by atoms with Crippen LogP contribution in [0.2, 0.25) is 0 Å². The molecule has 0 saturated carbocycles. The highest BCUT2D eigenvalue weighted by molar-refractivity contribution is 6.00. The van der Waals surface area contributed by atoms with Crippen LogP contribution in [0.25, 0.3) is 72.4 Å². The fourth-order valence-corrected chi connectivity index (χ4v) is 7.70. The predicted octanol–water partition coefficient (Wildman–Crippen LogP) is 13.8. The Morgan fingerprint density at radius 1 is 0.518 bits per heavy atom. The Balaban J connectivity index is 1.41. The summed E-state index contributed by atoms with van der Waals surface area (Å²) in [4.78, 5) is 10.6. The number of nitrogens with zero attached hydrogens (tertiary/aromatic N) is 3. The monoisotopic (exact) mass is 733 g/mol. The summed E-state index contributed by atoms with van der Waals surface area (Å²) in [6.07, 6.45) is 1.97. The fourth-order valence-electron chi connectivity index (χ4n) is 7.70. The molecule has 0 amide bonds. The lowest BCUT2D eigenvalue weighted by molar-refractivity contribution is 0.446. The standard InChI is InChI=1S/C52H51N3O/c1-50(2,3)38-28-36(27-37(29-38)44-26-25-35(32-53-44)33-17-11-10-12-18-33)41-22-16-24-46-47(41)54-49(55(46)45-23-15-20-34-19-13-14-21-40(34)45)42-30-39(51(4,5)6)31-43(48(42)56)52(7,8)9/h10-32,56H,1-9H3. The number of pyridine rings is 1. The normalized spacial score (nSPS) is 12.4. The van der Waals surface area contributed by atoms with E-state index < -0.39 is 0 Å². The molecule has 0 radical (unpaired) electrons. The molecule has 6 aromatic carbocycles. The van der Waals surface area contributed by atoms with Gasteiger partial charge >= 0.3 is 0 Å². The number of hydrogen-bond donors (Lipinski definition) is 1. The maximum atomic E-state index is 12.3. The van der Waals surface area contributed by atoms with E-state index in [1.807, 2.05) is 12.3 Å². The van der Waals surface area contributed by atoms with Crippen molar-refractivity contribution in [3.05, 3.63) is 156 Å². The molecule has 2 aromatic heterocycles. The van der Waals surface area contributed by atoms with E-state index in [9.17, 15) is 5.11 Å². The molecule has 4 heteroatoms. The summed E-state index contributed by atoms with van der Waals surface area (Å²) in [5.74, 6) is 0.981. The van der Waals surface area contributed by atoms with Gasteiger partial charge in [-0.15, -0.1) is 0 Å². The average Bonchev–Trinajstić information content (AvgIpc) is 3.56. The summed E-state index contributed by atoms with van der Waals surface area (Å²) < 4.78 is 2.26. The van der Waals surface area contributed by atoms with Crippen molar-refractivity contribution in [2.24, 2.45) is 0 Å². The van der Waals surface area contributed by atoms with E-state index in [-0.39, 0.29) is 22.0 Å². The maximum Gasteiger partial charge on any atom is 0.149 e. The second-order valence-corrected chi connectivity index (χ2v) is 18.2. The van der Waals surface area contributed by atoms with Crippen LogP contribution >= 0.6 is 0 Å². The van der Waals surface area contributed by atoms with Gasteiger partial charge in [-0.2, -0.15) is 0 Å². The van der Waals surface area contributed by atoms with Gasteiger partial charge in [-0.1, -0.05) is 159 Å². The van der Waals surface area contributed by atoms with E-state index in [2.05, 4.69) is 194 Å². The zero-order valence-electron chi connectivity index (χ0n) is 34.1. The Morgan fingerprint density at radius 3 is 1.88 bits per heavy atom. The molecule has 0 bridgehead atoms. The van der Waals surface area contributed by atoms with E-state index in [0.717, 1.165) is 77.7 Å². The first kappa shape index (κ1) is 36.9. The van der Waals surface area contributed by atoms with Crippen molar-refractivity contribution in [2.75, 3.05) is 0 Å². The van der Waals surface area contributed by atoms with Crippen molar-refractivity contribution in [3.63, 3.8) is 0 Å². The first-order valence-corrected chi connectivity index (χ1v) is 19.6. The first-order valence-electron chi connectivity index (χ1n) is 19.6. The lowest BCUT2D eigenvalue weighted by Gasteiger charge is -2.27. The van der Waals surface area contributed by atoms with Gasteiger partial charge < -0.3 is 5.11 Å². The van der Waals surface area contributed by atoms with Crippen LogP contribution in [0.5, 0.6) is 5.75 Å². The van der Waals surface area contributed by atoms with Crippen LogP contribution < -0.4 is 0 Å². The first-order chi connectivity index (χ1) is 26.6. The maximum absolute atomic E-state index is 12.3. The summed E-state index contributed by atoms with van der Waals surface area (Å²) in [6, 6.07) is 47.2. The third-order valence-electron chi connectivity index (χ3n) is 11.0. The van der Waals surface area contributed by atoms with Crippen LogP contribution in [0.3, 0.4) is 0 Å². The lowest BCUT2D eigenvalue weighted by atomic mass is 9.79. The molecule has 8 rings (SSSR count). The number of hydrogen-bond acceptors (Lipinski definition) is 3. The van der Waals surface area contributed by atoms with Gasteiger partial charge in [-0.3, -0.25) is 9.55 Å². The quantitative estimate of drug-likeness (QED) is 0.192. The summed E-state index contributed by atoms with van der Waals surface area (Å²) in [7, 11) is 0. The zero-order valence-corrected chi connectivity index (χ0v) is 34.1. The molecule has 8 aromatic rings. The van der Waals surface area contributed by atoms with Crippen molar-refractivity contribution >= 4 is 21.8 Å². The molecule has 0 spiro atoms. The Bertz CT molecular complexity index is 2730. The Hall–Kier alpha value is -6.00. The van der Waals surface area contributed by atoms with Crippen molar-refractivity contribution in [2.45, 2.75) is 78.6 Å². The third-order valence-corrected chi connectivity index (χ3v) is 11.0. The van der Waals surface area contributed by atoms with Crippen molar-refractivity contribution < 1.29 is 5.11 Å². The van der Waals surface area contributed by atoms with Crippen molar-refractivity contribution in [1.82, 2.24) is 14.5 Å². The summed E-state index contributed by atoms with van der Waals surface area (Å²) in [5.41, 5.74) is 12.6. The Labute approximate surface area is 331 Å². The number of para-hydroxylation sites is 1. The molecule has 0 aliphatic heterocycles. The van der Waals surface area contributed by atoms with Crippen LogP contribution in [0.4, 0.5) is 0 Å². The highest BCUT2D eigenvalue weighted by atomic mass is 16.3. The molecule has 0 aliphatic carbocycles. The average molecular weight is 734 g/mol. The molecule has 280 valence electrons. The zero-order chi connectivity index (χ0) is 39.6. The van der Waals surface area contributed by atoms with Crippen LogP contribution in [-0.4, -0.2) is 19.6 Å². The number of rotatable bonds is 5. The molecule has 0 unspecified atom stereocenters. The predicted molar refractivity (Wildman–Crippen MR) is 236 cm³/mol. The van der Waals surface area contributed by atoms with Gasteiger partial charge in [0.1, 0.15) is 11.6 Å². The van der Waals surface area contributed by atoms with E-state index in [1.165, 1.54) is 5.56 Å². The number of fused-ring (bicyclic) bond motifs is 2. The minimum absolute atomic E-state index is 0.112. The van der Waals surface area contributed by atoms with Gasteiger partial charge in [0.25, 0.3) is 0 Å². The number of aromatic nitrogens is 3. The van der Waals surface area contributed by atoms with Crippen LogP contribution in [0.15, 0.2) is 140 Å². The summed E-state index contributed by atoms with van der Waals surface area (Å²) in [5, 5.41) is 14.5. The van der Waals surface area contributed by atoms with E-state index >= 15 is 0 Å². The smallest absolute Gasteiger partial charge is 0.149 e. The van der Waals surface area contributed by atoms with Gasteiger partial charge in [0.2, 0.25) is 0 Å². The number of benzene rings is 6. The molecule has 0 saturated heterocycles. The second kappa shape index (κ2) is 13.6. The second-order valence-electron chi connectivity index (χ2n) is 18.2. The van der Waals surface area contributed by atoms with Gasteiger partial charge in [-0.05, 0) is 80.3 Å². The van der Waals surface area contributed by atoms with Crippen molar-refractivity contribution in [1.29, 1.82) is 0 Å². The van der Waals surface area contributed by atoms with Crippen LogP contribution in [-0.2, 0) is 16.2 Å². The molecular formula is C52H51N3O. The molecule has 0 atom stereocenters. The minimum Gasteiger partial charge on any atom is -0.507 e. The molecule has 1 N–H and O–H groups in total. The fraction of sp³-hybridized carbons (Fsp3) is 0.231. The number of phenols is 1. The summed E-state index contributed by atoms with van der Waals surface area (Å²) in [6.45, 7) is 19.9. The van der Waals surface area contributed by atoms with Crippen LogP contribution in [0, 0.1) is 0 Å². The number of aromatic hydroxyl groups is 1. The largest absolute Gasteiger partial charge is 0.507 e. The van der Waals surface area contributed by atoms with E-state index in [4.69, 9.17) is 9.97 Å². The molecule has 2 heterocycles. The third kappa shape index (κ3) is 6.79. The highest BCUT2D eigenvalue weighted by Gasteiger charge is 2.29. The van der Waals surface area contributed by atoms with E-state index in [0.29, 0.717) is 5.82 Å².